The SMILES string of the molecule is COc1ccc2c(c1)OCC[C@@H]2NC(=O)N(CC1CC1)CC1CC1. The van der Waals surface area contributed by atoms with E-state index in [2.05, 4.69) is 5.32 Å². The molecule has 2 saturated carbocycles. The molecule has 0 bridgehead atoms. The molecule has 5 nitrogen and oxygen atoms in total. The number of carbonyl (C=O) groups is 1. The fourth-order valence-electron chi connectivity index (χ4n) is 3.35. The van der Waals surface area contributed by atoms with Gasteiger partial charge in [-0.2, -0.15) is 0 Å². The number of benzene rings is 1. The molecule has 4 rings (SSSR count). The third-order valence-electron chi connectivity index (χ3n) is 5.20. The van der Waals surface area contributed by atoms with E-state index in [0.29, 0.717) is 6.61 Å². The lowest BCUT2D eigenvalue weighted by Crippen LogP contribution is -2.44. The molecule has 1 atom stereocenters. The van der Waals surface area contributed by atoms with Crippen LogP contribution in [0.1, 0.15) is 43.7 Å². The van der Waals surface area contributed by atoms with Crippen LogP contribution in [-0.2, 0) is 0 Å². The first-order valence-corrected chi connectivity index (χ1v) is 9.09. The molecule has 1 aliphatic heterocycles. The third kappa shape index (κ3) is 3.60. The normalized spacial score (nSPS) is 22.3. The fourth-order valence-corrected chi connectivity index (χ4v) is 3.35. The van der Waals surface area contributed by atoms with E-state index in [1.807, 2.05) is 23.1 Å². The Morgan fingerprint density at radius 2 is 1.92 bits per heavy atom. The van der Waals surface area contributed by atoms with Crippen LogP contribution in [0, 0.1) is 11.8 Å². The second kappa shape index (κ2) is 6.54. The summed E-state index contributed by atoms with van der Waals surface area (Å²) in [5.41, 5.74) is 1.05. The number of hydrogen-bond donors (Lipinski definition) is 1. The first-order chi connectivity index (χ1) is 11.7. The number of amides is 2. The Labute approximate surface area is 143 Å². The Hall–Kier alpha value is -1.91. The van der Waals surface area contributed by atoms with E-state index in [0.717, 1.165) is 48.4 Å². The van der Waals surface area contributed by atoms with E-state index in [4.69, 9.17) is 9.47 Å². The molecule has 0 spiro atoms. The van der Waals surface area contributed by atoms with Crippen LogP contribution in [0.2, 0.25) is 0 Å². The summed E-state index contributed by atoms with van der Waals surface area (Å²) in [5, 5.41) is 3.25. The molecule has 1 aromatic rings. The number of rotatable bonds is 6. The molecule has 5 heteroatoms. The molecule has 3 aliphatic rings. The van der Waals surface area contributed by atoms with Crippen molar-refractivity contribution in [3.05, 3.63) is 23.8 Å². The largest absolute Gasteiger partial charge is 0.497 e. The number of nitrogens with one attached hydrogen (secondary N) is 1. The van der Waals surface area contributed by atoms with Gasteiger partial charge >= 0.3 is 6.03 Å². The Bertz CT molecular complexity index is 597. The average Bonchev–Trinajstić information content (AvgIpc) is 3.50. The van der Waals surface area contributed by atoms with Crippen LogP contribution in [0.5, 0.6) is 11.5 Å². The van der Waals surface area contributed by atoms with Gasteiger partial charge in [-0.15, -0.1) is 0 Å². The maximum absolute atomic E-state index is 12.8. The van der Waals surface area contributed by atoms with Crippen molar-refractivity contribution in [2.45, 2.75) is 38.1 Å². The van der Waals surface area contributed by atoms with Gasteiger partial charge in [0.05, 0.1) is 19.8 Å². The zero-order chi connectivity index (χ0) is 16.5. The van der Waals surface area contributed by atoms with E-state index in [1.165, 1.54) is 25.7 Å². The van der Waals surface area contributed by atoms with Gasteiger partial charge in [0.1, 0.15) is 11.5 Å². The second-order valence-corrected chi connectivity index (χ2v) is 7.33. The van der Waals surface area contributed by atoms with Crippen molar-refractivity contribution in [2.24, 2.45) is 11.8 Å². The Morgan fingerprint density at radius 3 is 2.54 bits per heavy atom. The number of hydrogen-bond acceptors (Lipinski definition) is 3. The van der Waals surface area contributed by atoms with Crippen molar-refractivity contribution in [1.29, 1.82) is 0 Å². The maximum atomic E-state index is 12.8. The summed E-state index contributed by atoms with van der Waals surface area (Å²) in [6.07, 6.45) is 5.90. The van der Waals surface area contributed by atoms with Crippen molar-refractivity contribution in [3.8, 4) is 11.5 Å². The van der Waals surface area contributed by atoms with Crippen molar-refractivity contribution in [3.63, 3.8) is 0 Å². The summed E-state index contributed by atoms with van der Waals surface area (Å²) in [6.45, 7) is 2.46. The van der Waals surface area contributed by atoms with Gasteiger partial charge in [0.15, 0.2) is 0 Å². The molecule has 0 aromatic heterocycles. The highest BCUT2D eigenvalue weighted by Crippen LogP contribution is 2.36. The van der Waals surface area contributed by atoms with Crippen molar-refractivity contribution in [1.82, 2.24) is 10.2 Å². The summed E-state index contributed by atoms with van der Waals surface area (Å²) in [6, 6.07) is 5.94. The quantitative estimate of drug-likeness (QED) is 0.870. The van der Waals surface area contributed by atoms with Crippen LogP contribution in [-0.4, -0.2) is 37.7 Å². The van der Waals surface area contributed by atoms with Crippen LogP contribution in [0.15, 0.2) is 18.2 Å². The number of urea groups is 1. The lowest BCUT2D eigenvalue weighted by atomic mass is 10.0. The van der Waals surface area contributed by atoms with Crippen molar-refractivity contribution >= 4 is 6.03 Å². The van der Waals surface area contributed by atoms with E-state index in [-0.39, 0.29) is 12.1 Å². The summed E-state index contributed by atoms with van der Waals surface area (Å²) < 4.78 is 11.0. The van der Waals surface area contributed by atoms with Crippen LogP contribution in [0.4, 0.5) is 4.79 Å². The molecule has 0 unspecified atom stereocenters. The van der Waals surface area contributed by atoms with Crippen LogP contribution < -0.4 is 14.8 Å². The molecule has 0 radical (unpaired) electrons. The van der Waals surface area contributed by atoms with Crippen molar-refractivity contribution in [2.75, 3.05) is 26.8 Å². The van der Waals surface area contributed by atoms with Gasteiger partial charge in [-0.25, -0.2) is 4.79 Å². The van der Waals surface area contributed by atoms with Gasteiger partial charge < -0.3 is 19.7 Å². The molecule has 130 valence electrons. The fraction of sp³-hybridized carbons (Fsp3) is 0.632. The van der Waals surface area contributed by atoms with E-state index >= 15 is 0 Å². The molecule has 1 aromatic carbocycles. The second-order valence-electron chi connectivity index (χ2n) is 7.33. The maximum Gasteiger partial charge on any atom is 0.317 e. The van der Waals surface area contributed by atoms with Gasteiger partial charge in [0, 0.05) is 31.1 Å². The van der Waals surface area contributed by atoms with Gasteiger partial charge in [0.25, 0.3) is 0 Å². The van der Waals surface area contributed by atoms with Crippen LogP contribution >= 0.6 is 0 Å². The van der Waals surface area contributed by atoms with E-state index < -0.39 is 0 Å². The minimum Gasteiger partial charge on any atom is -0.497 e. The predicted octanol–water partition coefficient (Wildman–Crippen LogP) is 3.35. The topological polar surface area (TPSA) is 50.8 Å². The van der Waals surface area contributed by atoms with Gasteiger partial charge in [-0.1, -0.05) is 0 Å². The third-order valence-corrected chi connectivity index (χ3v) is 5.20. The van der Waals surface area contributed by atoms with Gasteiger partial charge in [-0.05, 0) is 49.7 Å². The zero-order valence-electron chi connectivity index (χ0n) is 14.3. The zero-order valence-corrected chi connectivity index (χ0v) is 14.3. The number of fused-ring (bicyclic) bond motifs is 1. The smallest absolute Gasteiger partial charge is 0.317 e. The highest BCUT2D eigenvalue weighted by molar-refractivity contribution is 5.75. The molecule has 2 fully saturated rings. The van der Waals surface area contributed by atoms with Crippen LogP contribution in [0.3, 0.4) is 0 Å². The molecular formula is C19H26N2O3. The molecule has 2 aliphatic carbocycles. The standard InChI is InChI=1S/C19H26N2O3/c1-23-15-6-7-16-17(8-9-24-18(16)10-15)20-19(22)21(11-13-2-3-13)12-14-4-5-14/h6-7,10,13-14,17H,2-5,8-9,11-12H2,1H3,(H,20,22)/t17-/m0/s1. The molecule has 2 amide bonds. The minimum atomic E-state index is 0.0214. The van der Waals surface area contributed by atoms with Gasteiger partial charge in [0.2, 0.25) is 0 Å². The van der Waals surface area contributed by atoms with E-state index in [9.17, 15) is 4.79 Å². The predicted molar refractivity (Wildman–Crippen MR) is 91.4 cm³/mol. The molecule has 24 heavy (non-hydrogen) atoms. The number of methoxy groups -OCH3 is 1. The summed E-state index contributed by atoms with van der Waals surface area (Å²) in [4.78, 5) is 14.9. The highest BCUT2D eigenvalue weighted by atomic mass is 16.5. The number of ether oxygens (including phenoxy) is 2. The average molecular weight is 330 g/mol. The van der Waals surface area contributed by atoms with E-state index in [1.54, 1.807) is 7.11 Å². The lowest BCUT2D eigenvalue weighted by Gasteiger charge is -2.30. The molecule has 0 saturated heterocycles. The lowest BCUT2D eigenvalue weighted by molar-refractivity contribution is 0.181. The van der Waals surface area contributed by atoms with Crippen LogP contribution in [0.25, 0.3) is 0 Å². The molecule has 1 N–H and O–H groups in total. The molecular weight excluding hydrogens is 304 g/mol. The monoisotopic (exact) mass is 330 g/mol. The number of carbonyl (C=O) groups excluding carboxylic acids is 1. The molecule has 1 heterocycles. The summed E-state index contributed by atoms with van der Waals surface area (Å²) in [7, 11) is 1.65. The summed E-state index contributed by atoms with van der Waals surface area (Å²) in [5.74, 6) is 3.05. The summed E-state index contributed by atoms with van der Waals surface area (Å²) >= 11 is 0. The highest BCUT2D eigenvalue weighted by Gasteiger charge is 2.33. The first kappa shape index (κ1) is 15.6. The van der Waals surface area contributed by atoms with Gasteiger partial charge in [-0.3, -0.25) is 0 Å². The number of nitrogens with zero attached hydrogens (tertiary/aromatic N) is 1. The minimum absolute atomic E-state index is 0.0214. The Kier molecular flexibility index (Phi) is 4.25. The first-order valence-electron chi connectivity index (χ1n) is 9.09. The Balaban J connectivity index is 1.44. The Morgan fingerprint density at radius 1 is 1.21 bits per heavy atom. The van der Waals surface area contributed by atoms with Crippen molar-refractivity contribution < 1.29 is 14.3 Å².